The van der Waals surface area contributed by atoms with Crippen LogP contribution >= 0.6 is 11.3 Å². The zero-order valence-electron chi connectivity index (χ0n) is 19.2. The van der Waals surface area contributed by atoms with Crippen LogP contribution in [0.25, 0.3) is 10.2 Å². The highest BCUT2D eigenvalue weighted by Crippen LogP contribution is 2.23. The highest BCUT2D eigenvalue weighted by Gasteiger charge is 2.19. The van der Waals surface area contributed by atoms with E-state index in [9.17, 15) is 13.2 Å². The Labute approximate surface area is 193 Å². The first-order valence-electron chi connectivity index (χ1n) is 10.7. The molecule has 0 atom stereocenters. The number of ether oxygens (including phenoxy) is 1. The molecule has 32 heavy (non-hydrogen) atoms. The third-order valence-corrected chi connectivity index (χ3v) is 8.63. The quantitative estimate of drug-likeness (QED) is 0.458. The fourth-order valence-corrected chi connectivity index (χ4v) is 5.69. The zero-order chi connectivity index (χ0) is 23.5. The monoisotopic (exact) mass is 474 g/mol. The molecule has 1 heterocycles. The van der Waals surface area contributed by atoms with Gasteiger partial charge >= 0.3 is 0 Å². The molecular weight excluding hydrogens is 444 g/mol. The molecule has 0 saturated heterocycles. The lowest BCUT2D eigenvalue weighted by molar-refractivity contribution is -0.117. The molecule has 1 aromatic heterocycles. The molecule has 2 aromatic carbocycles. The molecule has 6 nitrogen and oxygen atoms in total. The van der Waals surface area contributed by atoms with Crippen LogP contribution in [0.3, 0.4) is 0 Å². The molecule has 0 saturated carbocycles. The Balaban J connectivity index is 1.92. The van der Waals surface area contributed by atoms with Crippen LogP contribution in [0.15, 0.2) is 46.3 Å². The van der Waals surface area contributed by atoms with Crippen LogP contribution in [0.2, 0.25) is 0 Å². The fraction of sp³-hybridized carbons (Fsp3) is 0.417. The molecule has 0 aliphatic carbocycles. The second kappa shape index (κ2) is 10.1. The smallest absolute Gasteiger partial charge is 0.252 e. The van der Waals surface area contributed by atoms with Gasteiger partial charge in [-0.2, -0.15) is 4.99 Å². The van der Waals surface area contributed by atoms with Gasteiger partial charge < -0.3 is 9.30 Å². The van der Waals surface area contributed by atoms with E-state index in [4.69, 9.17) is 4.74 Å². The Kier molecular flexibility index (Phi) is 7.69. The SMILES string of the molecule is CCOCCn1c(=NC(=O)Cc2ccc(S(=O)(=O)C(C)C)cc2)sc2c(C)cc(C)cc21. The summed E-state index contributed by atoms with van der Waals surface area (Å²) in [5.41, 5.74) is 4.11. The number of benzene rings is 2. The molecule has 0 fully saturated rings. The number of sulfone groups is 1. The van der Waals surface area contributed by atoms with Crippen molar-refractivity contribution in [1.29, 1.82) is 0 Å². The maximum absolute atomic E-state index is 12.8. The van der Waals surface area contributed by atoms with Gasteiger partial charge in [0.2, 0.25) is 0 Å². The van der Waals surface area contributed by atoms with E-state index in [1.54, 1.807) is 38.1 Å². The number of nitrogens with zero attached hydrogens (tertiary/aromatic N) is 2. The van der Waals surface area contributed by atoms with Crippen LogP contribution in [-0.4, -0.2) is 37.4 Å². The number of aromatic nitrogens is 1. The zero-order valence-corrected chi connectivity index (χ0v) is 20.8. The summed E-state index contributed by atoms with van der Waals surface area (Å²) in [4.78, 5) is 18.1. The molecule has 0 bridgehead atoms. The summed E-state index contributed by atoms with van der Waals surface area (Å²) in [6, 6.07) is 10.7. The van der Waals surface area contributed by atoms with Gasteiger partial charge in [-0.25, -0.2) is 8.42 Å². The summed E-state index contributed by atoms with van der Waals surface area (Å²) in [5, 5.41) is -0.489. The van der Waals surface area contributed by atoms with Gasteiger partial charge in [0, 0.05) is 13.2 Å². The molecule has 0 spiro atoms. The average molecular weight is 475 g/mol. The van der Waals surface area contributed by atoms with Crippen molar-refractivity contribution in [3.05, 3.63) is 57.9 Å². The second-order valence-electron chi connectivity index (χ2n) is 8.08. The van der Waals surface area contributed by atoms with Gasteiger partial charge in [0.15, 0.2) is 14.6 Å². The van der Waals surface area contributed by atoms with Gasteiger partial charge in [0.25, 0.3) is 5.91 Å². The fourth-order valence-electron chi connectivity index (χ4n) is 3.50. The summed E-state index contributed by atoms with van der Waals surface area (Å²) >= 11 is 1.51. The summed E-state index contributed by atoms with van der Waals surface area (Å²) < 4.78 is 33.3. The van der Waals surface area contributed by atoms with Crippen molar-refractivity contribution in [2.45, 2.75) is 57.7 Å². The molecule has 172 valence electrons. The lowest BCUT2D eigenvalue weighted by Crippen LogP contribution is -2.20. The number of thiazole rings is 1. The summed E-state index contributed by atoms with van der Waals surface area (Å²) in [6.45, 7) is 11.2. The molecule has 0 aliphatic rings. The Morgan fingerprint density at radius 3 is 2.47 bits per heavy atom. The van der Waals surface area contributed by atoms with Crippen molar-refractivity contribution >= 4 is 37.3 Å². The lowest BCUT2D eigenvalue weighted by Gasteiger charge is -2.08. The molecule has 0 aliphatic heterocycles. The Morgan fingerprint density at radius 1 is 1.16 bits per heavy atom. The Bertz CT molecular complexity index is 1280. The highest BCUT2D eigenvalue weighted by atomic mass is 32.2. The summed E-state index contributed by atoms with van der Waals surface area (Å²) in [5.74, 6) is -0.268. The van der Waals surface area contributed by atoms with Crippen LogP contribution in [0.5, 0.6) is 0 Å². The highest BCUT2D eigenvalue weighted by molar-refractivity contribution is 7.92. The van der Waals surface area contributed by atoms with Crippen molar-refractivity contribution in [2.24, 2.45) is 4.99 Å². The Hall–Kier alpha value is -2.29. The molecule has 0 N–H and O–H groups in total. The number of hydrogen-bond donors (Lipinski definition) is 0. The number of fused-ring (bicyclic) bond motifs is 1. The maximum Gasteiger partial charge on any atom is 0.252 e. The van der Waals surface area contributed by atoms with Gasteiger partial charge in [-0.05, 0) is 69.5 Å². The minimum Gasteiger partial charge on any atom is -0.380 e. The van der Waals surface area contributed by atoms with E-state index in [2.05, 4.69) is 31.0 Å². The minimum atomic E-state index is -3.33. The number of carbonyl (C=O) groups excluding carboxylic acids is 1. The van der Waals surface area contributed by atoms with Crippen LogP contribution < -0.4 is 4.80 Å². The second-order valence-corrected chi connectivity index (χ2v) is 11.6. The van der Waals surface area contributed by atoms with E-state index < -0.39 is 15.1 Å². The average Bonchev–Trinajstić information content (AvgIpc) is 3.06. The minimum absolute atomic E-state index is 0.111. The largest absolute Gasteiger partial charge is 0.380 e. The van der Waals surface area contributed by atoms with Crippen LogP contribution in [0.4, 0.5) is 0 Å². The van der Waals surface area contributed by atoms with Crippen molar-refractivity contribution in [3.63, 3.8) is 0 Å². The van der Waals surface area contributed by atoms with E-state index in [0.29, 0.717) is 24.6 Å². The maximum atomic E-state index is 12.8. The first-order valence-corrected chi connectivity index (χ1v) is 13.1. The number of aryl methyl sites for hydroxylation is 2. The third kappa shape index (κ3) is 5.36. The van der Waals surface area contributed by atoms with E-state index in [-0.39, 0.29) is 17.2 Å². The van der Waals surface area contributed by atoms with Gasteiger partial charge in [-0.1, -0.05) is 29.5 Å². The molecule has 8 heteroatoms. The normalized spacial score (nSPS) is 12.8. The number of rotatable bonds is 8. The first kappa shape index (κ1) is 24.4. The number of hydrogen-bond acceptors (Lipinski definition) is 5. The van der Waals surface area contributed by atoms with Gasteiger partial charge in [-0.15, -0.1) is 0 Å². The number of amides is 1. The molecule has 0 radical (unpaired) electrons. The molecule has 1 amide bonds. The topological polar surface area (TPSA) is 77.7 Å². The molecule has 3 rings (SSSR count). The van der Waals surface area contributed by atoms with Crippen LogP contribution in [-0.2, 0) is 32.3 Å². The standard InChI is InChI=1S/C24H30N2O4S2/c1-6-30-12-11-26-21-14-17(4)13-18(5)23(21)31-24(26)25-22(27)15-19-7-9-20(10-8-19)32(28,29)16(2)3/h7-10,13-14,16H,6,11-12,15H2,1-5H3. The summed E-state index contributed by atoms with van der Waals surface area (Å²) in [6.07, 6.45) is 0.111. The molecule has 0 unspecified atom stereocenters. The summed E-state index contributed by atoms with van der Waals surface area (Å²) in [7, 11) is -3.33. The Morgan fingerprint density at radius 2 is 1.84 bits per heavy atom. The van der Waals surface area contributed by atoms with Crippen molar-refractivity contribution in [2.75, 3.05) is 13.2 Å². The molecule has 3 aromatic rings. The van der Waals surface area contributed by atoms with Crippen molar-refractivity contribution < 1.29 is 17.9 Å². The third-order valence-electron chi connectivity index (χ3n) is 5.23. The van der Waals surface area contributed by atoms with Gasteiger partial charge in [0.05, 0.1) is 33.4 Å². The van der Waals surface area contributed by atoms with Crippen LogP contribution in [0, 0.1) is 13.8 Å². The van der Waals surface area contributed by atoms with Gasteiger partial charge in [0.1, 0.15) is 0 Å². The van der Waals surface area contributed by atoms with E-state index >= 15 is 0 Å². The van der Waals surface area contributed by atoms with Gasteiger partial charge in [-0.3, -0.25) is 4.79 Å². The first-order chi connectivity index (χ1) is 15.1. The van der Waals surface area contributed by atoms with E-state index in [0.717, 1.165) is 26.9 Å². The lowest BCUT2D eigenvalue weighted by atomic mass is 10.1. The predicted molar refractivity (Wildman–Crippen MR) is 129 cm³/mol. The van der Waals surface area contributed by atoms with Crippen LogP contribution in [0.1, 0.15) is 37.5 Å². The predicted octanol–water partition coefficient (Wildman–Crippen LogP) is 4.21. The van der Waals surface area contributed by atoms with Crippen molar-refractivity contribution in [1.82, 2.24) is 4.57 Å². The van der Waals surface area contributed by atoms with E-state index in [1.807, 2.05) is 11.5 Å². The van der Waals surface area contributed by atoms with E-state index in [1.165, 1.54) is 11.3 Å². The van der Waals surface area contributed by atoms with Crippen molar-refractivity contribution in [3.8, 4) is 0 Å². The molecular formula is C24H30N2O4S2. The number of carbonyl (C=O) groups is 1.